The van der Waals surface area contributed by atoms with Gasteiger partial charge in [0.1, 0.15) is 0 Å². The minimum absolute atomic E-state index is 0.00848. The largest absolute Gasteiger partial charge is 0.466 e. The van der Waals surface area contributed by atoms with Crippen LogP contribution in [0.1, 0.15) is 386 Å². The Morgan fingerprint density at radius 2 is 0.632 bits per heavy atom. The van der Waals surface area contributed by atoms with Crippen molar-refractivity contribution in [2.24, 2.45) is 0 Å². The number of ether oxygens (including phenoxy) is 1. The van der Waals surface area contributed by atoms with Crippen molar-refractivity contribution in [3.8, 4) is 0 Å². The summed E-state index contributed by atoms with van der Waals surface area (Å²) in [7, 11) is 0. The second-order valence-electron chi connectivity index (χ2n) is 23.9. The van der Waals surface area contributed by atoms with Gasteiger partial charge in [-0.3, -0.25) is 9.59 Å². The molecule has 0 aliphatic carbocycles. The molecule has 6 nitrogen and oxygen atoms in total. The number of amides is 1. The fourth-order valence-electron chi connectivity index (χ4n) is 10.9. The number of esters is 1. The molecule has 0 spiro atoms. The number of aliphatic hydroxyl groups excluding tert-OH is 2. The van der Waals surface area contributed by atoms with Gasteiger partial charge in [0.15, 0.2) is 0 Å². The first-order valence-corrected chi connectivity index (χ1v) is 34.6. The standard InChI is InChI=1S/C70H135NO5/c1-3-5-7-9-11-13-15-16-17-18-30-33-36-39-43-46-50-54-58-62-68(73)67(66-72)71-69(74)63-59-55-51-47-44-40-37-34-31-28-26-24-22-20-19-21-23-25-27-29-32-35-38-41-45-49-53-57-61-65-76-70(75)64-60-56-52-48-42-14-12-10-8-6-4-2/h10,12,58,62,67-68,72-73H,3-9,11,13-57,59-61,63-66H2,1-2H3,(H,71,74)/b12-10-,62-58+. The number of hydrogen-bond donors (Lipinski definition) is 3. The van der Waals surface area contributed by atoms with Gasteiger partial charge in [-0.25, -0.2) is 0 Å². The van der Waals surface area contributed by atoms with E-state index >= 15 is 0 Å². The van der Waals surface area contributed by atoms with Gasteiger partial charge in [-0.1, -0.05) is 346 Å². The van der Waals surface area contributed by atoms with Gasteiger partial charge in [-0.05, 0) is 51.4 Å². The number of hydrogen-bond acceptors (Lipinski definition) is 5. The van der Waals surface area contributed by atoms with Crippen LogP contribution in [0.5, 0.6) is 0 Å². The summed E-state index contributed by atoms with van der Waals surface area (Å²) in [6.45, 7) is 4.90. The molecule has 6 heteroatoms. The van der Waals surface area contributed by atoms with Crippen molar-refractivity contribution >= 4 is 11.9 Å². The van der Waals surface area contributed by atoms with Gasteiger partial charge in [-0.15, -0.1) is 0 Å². The first-order chi connectivity index (χ1) is 37.5. The number of nitrogens with one attached hydrogen (secondary N) is 1. The number of allylic oxidation sites excluding steroid dienone is 3. The molecule has 0 saturated carbocycles. The minimum atomic E-state index is -0.842. The lowest BCUT2D eigenvalue weighted by Crippen LogP contribution is -2.45. The van der Waals surface area contributed by atoms with Crippen molar-refractivity contribution < 1.29 is 24.5 Å². The van der Waals surface area contributed by atoms with E-state index in [0.29, 0.717) is 19.4 Å². The van der Waals surface area contributed by atoms with Crippen LogP contribution in [-0.4, -0.2) is 47.4 Å². The van der Waals surface area contributed by atoms with Gasteiger partial charge in [0.05, 0.1) is 25.4 Å². The highest BCUT2D eigenvalue weighted by Crippen LogP contribution is 2.19. The Balaban J connectivity index is 3.37. The molecule has 0 fully saturated rings. The fraction of sp³-hybridized carbons (Fsp3) is 0.914. The molecular formula is C70H135NO5. The van der Waals surface area contributed by atoms with Crippen molar-refractivity contribution in [1.82, 2.24) is 5.32 Å². The summed E-state index contributed by atoms with van der Waals surface area (Å²) in [5.74, 6) is -0.0524. The van der Waals surface area contributed by atoms with Crippen molar-refractivity contribution in [2.75, 3.05) is 13.2 Å². The van der Waals surface area contributed by atoms with Crippen LogP contribution in [0.2, 0.25) is 0 Å². The lowest BCUT2D eigenvalue weighted by atomic mass is 10.0. The smallest absolute Gasteiger partial charge is 0.305 e. The Morgan fingerprint density at radius 3 is 0.974 bits per heavy atom. The Kier molecular flexibility index (Phi) is 64.4. The maximum Gasteiger partial charge on any atom is 0.305 e. The summed E-state index contributed by atoms with van der Waals surface area (Å²) in [6, 6.07) is -0.625. The molecule has 0 bridgehead atoms. The van der Waals surface area contributed by atoms with E-state index in [1.165, 1.54) is 315 Å². The molecule has 0 radical (unpaired) electrons. The van der Waals surface area contributed by atoms with Crippen LogP contribution >= 0.6 is 0 Å². The molecular weight excluding hydrogens is 935 g/mol. The van der Waals surface area contributed by atoms with Crippen molar-refractivity contribution in [3.63, 3.8) is 0 Å². The van der Waals surface area contributed by atoms with Crippen LogP contribution < -0.4 is 5.32 Å². The number of carbonyl (C=O) groups is 2. The number of rotatable bonds is 65. The second kappa shape index (κ2) is 65.9. The summed E-state index contributed by atoms with van der Waals surface area (Å²) < 4.78 is 5.47. The maximum absolute atomic E-state index is 12.5. The first kappa shape index (κ1) is 74.3. The summed E-state index contributed by atoms with van der Waals surface area (Å²) in [5, 5.41) is 23.2. The molecule has 450 valence electrons. The maximum atomic E-state index is 12.5. The third-order valence-electron chi connectivity index (χ3n) is 16.2. The highest BCUT2D eigenvalue weighted by molar-refractivity contribution is 5.76. The Morgan fingerprint density at radius 1 is 0.355 bits per heavy atom. The third kappa shape index (κ3) is 61.6. The molecule has 0 aliphatic heterocycles. The topological polar surface area (TPSA) is 95.9 Å². The molecule has 0 heterocycles. The SMILES string of the molecule is CCCC/C=C\CCCCCCCC(=O)OCCCCCCCCCCCCCCCCCCCCCCCCCCCCCCCC(=O)NC(CO)C(O)/C=C/CCCCCCCCCCCCCCCCCCC. The second-order valence-corrected chi connectivity index (χ2v) is 23.9. The van der Waals surface area contributed by atoms with Crippen LogP contribution in [0.15, 0.2) is 24.3 Å². The predicted molar refractivity (Wildman–Crippen MR) is 333 cm³/mol. The van der Waals surface area contributed by atoms with Gasteiger partial charge in [-0.2, -0.15) is 0 Å². The molecule has 3 N–H and O–H groups in total. The molecule has 0 aromatic heterocycles. The third-order valence-corrected chi connectivity index (χ3v) is 16.2. The van der Waals surface area contributed by atoms with E-state index in [9.17, 15) is 19.8 Å². The summed E-state index contributed by atoms with van der Waals surface area (Å²) >= 11 is 0. The number of unbranched alkanes of at least 4 members (excludes halogenated alkanes) is 52. The highest BCUT2D eigenvalue weighted by atomic mass is 16.5. The van der Waals surface area contributed by atoms with E-state index in [1.54, 1.807) is 6.08 Å². The number of carbonyl (C=O) groups excluding carboxylic acids is 2. The molecule has 0 aromatic carbocycles. The molecule has 1 amide bonds. The lowest BCUT2D eigenvalue weighted by molar-refractivity contribution is -0.143. The zero-order chi connectivity index (χ0) is 55.0. The predicted octanol–water partition coefficient (Wildman–Crippen LogP) is 22.1. The van der Waals surface area contributed by atoms with E-state index in [4.69, 9.17) is 4.74 Å². The van der Waals surface area contributed by atoms with E-state index in [2.05, 4.69) is 31.3 Å². The van der Waals surface area contributed by atoms with Gasteiger partial charge in [0.25, 0.3) is 0 Å². The molecule has 0 rings (SSSR count). The average Bonchev–Trinajstić information content (AvgIpc) is 3.42. The fourth-order valence-corrected chi connectivity index (χ4v) is 10.9. The van der Waals surface area contributed by atoms with E-state index in [0.717, 1.165) is 44.9 Å². The van der Waals surface area contributed by atoms with Gasteiger partial charge in [0.2, 0.25) is 5.91 Å². The Bertz CT molecular complexity index is 1190. The van der Waals surface area contributed by atoms with Crippen molar-refractivity contribution in [1.29, 1.82) is 0 Å². The molecule has 0 aromatic rings. The minimum Gasteiger partial charge on any atom is -0.466 e. The van der Waals surface area contributed by atoms with Gasteiger partial charge in [0, 0.05) is 12.8 Å². The molecule has 2 atom stereocenters. The van der Waals surface area contributed by atoms with Crippen LogP contribution in [0, 0.1) is 0 Å². The first-order valence-electron chi connectivity index (χ1n) is 34.6. The molecule has 2 unspecified atom stereocenters. The summed E-state index contributed by atoms with van der Waals surface area (Å²) in [5.41, 5.74) is 0. The lowest BCUT2D eigenvalue weighted by Gasteiger charge is -2.20. The van der Waals surface area contributed by atoms with Crippen LogP contribution in [0.3, 0.4) is 0 Å². The zero-order valence-electron chi connectivity index (χ0n) is 51.5. The normalized spacial score (nSPS) is 12.6. The Hall–Kier alpha value is -1.66. The van der Waals surface area contributed by atoms with Crippen LogP contribution in [0.25, 0.3) is 0 Å². The molecule has 76 heavy (non-hydrogen) atoms. The quantitative estimate of drug-likeness (QED) is 0.0320. The zero-order valence-corrected chi connectivity index (χ0v) is 51.5. The summed E-state index contributed by atoms with van der Waals surface area (Å²) in [4.78, 5) is 24.5. The van der Waals surface area contributed by atoms with E-state index in [-0.39, 0.29) is 18.5 Å². The molecule has 0 aliphatic rings. The summed E-state index contributed by atoms with van der Waals surface area (Å²) in [6.07, 6.45) is 82.6. The van der Waals surface area contributed by atoms with E-state index in [1.807, 2.05) is 6.08 Å². The molecule has 0 saturated heterocycles. The van der Waals surface area contributed by atoms with Crippen LogP contribution in [-0.2, 0) is 14.3 Å². The number of aliphatic hydroxyl groups is 2. The average molecular weight is 1070 g/mol. The van der Waals surface area contributed by atoms with Gasteiger partial charge >= 0.3 is 5.97 Å². The van der Waals surface area contributed by atoms with E-state index < -0.39 is 12.1 Å². The van der Waals surface area contributed by atoms with Gasteiger partial charge < -0.3 is 20.3 Å². The van der Waals surface area contributed by atoms with Crippen molar-refractivity contribution in [2.45, 2.75) is 398 Å². The van der Waals surface area contributed by atoms with Crippen molar-refractivity contribution in [3.05, 3.63) is 24.3 Å². The Labute approximate surface area is 475 Å². The highest BCUT2D eigenvalue weighted by Gasteiger charge is 2.18. The monoisotopic (exact) mass is 1070 g/mol. The van der Waals surface area contributed by atoms with Crippen LogP contribution in [0.4, 0.5) is 0 Å².